The van der Waals surface area contributed by atoms with E-state index in [1.807, 2.05) is 0 Å². The lowest BCUT2D eigenvalue weighted by Gasteiger charge is -2.34. The summed E-state index contributed by atoms with van der Waals surface area (Å²) in [5.74, 6) is -1.93. The number of nitrogens with one attached hydrogen (secondary N) is 1. The number of hydrogen-bond donors (Lipinski definition) is 1. The van der Waals surface area contributed by atoms with Crippen molar-refractivity contribution in [1.29, 1.82) is 0 Å². The molecule has 1 unspecified atom stereocenters. The van der Waals surface area contributed by atoms with Crippen LogP contribution in [0.3, 0.4) is 0 Å². The Labute approximate surface area is 145 Å². The predicted octanol–water partition coefficient (Wildman–Crippen LogP) is 0.940. The second kappa shape index (κ2) is 7.35. The van der Waals surface area contributed by atoms with Gasteiger partial charge in [0.2, 0.25) is 15.9 Å². The molecule has 1 atom stereocenters. The van der Waals surface area contributed by atoms with Crippen molar-refractivity contribution >= 4 is 15.9 Å². The van der Waals surface area contributed by atoms with Crippen LogP contribution in [0.5, 0.6) is 0 Å². The molecule has 3 rings (SSSR count). The molecule has 1 aromatic carbocycles. The maximum absolute atomic E-state index is 13.8. The number of amides is 1. The minimum atomic E-state index is -4.04. The van der Waals surface area contributed by atoms with E-state index in [0.29, 0.717) is 12.5 Å². The highest BCUT2D eigenvalue weighted by atomic mass is 32.2. The van der Waals surface area contributed by atoms with Crippen LogP contribution in [0.1, 0.15) is 19.3 Å². The first-order chi connectivity index (χ1) is 11.9. The van der Waals surface area contributed by atoms with Gasteiger partial charge in [-0.15, -0.1) is 0 Å². The average Bonchev–Trinajstić information content (AvgIpc) is 3.07. The number of rotatable bonds is 4. The fraction of sp³-hybridized carbons (Fsp3) is 0.562. The van der Waals surface area contributed by atoms with Gasteiger partial charge in [-0.25, -0.2) is 17.2 Å². The van der Waals surface area contributed by atoms with Crippen molar-refractivity contribution in [3.05, 3.63) is 29.8 Å². The topological polar surface area (TPSA) is 69.7 Å². The molecule has 2 aliphatic rings. The van der Waals surface area contributed by atoms with E-state index in [1.54, 1.807) is 4.90 Å². The molecule has 0 radical (unpaired) electrons. The summed E-state index contributed by atoms with van der Waals surface area (Å²) in [6, 6.07) is 2.61. The van der Waals surface area contributed by atoms with E-state index in [1.165, 1.54) is 0 Å². The third-order valence-electron chi connectivity index (χ3n) is 4.69. The van der Waals surface area contributed by atoms with Gasteiger partial charge in [0, 0.05) is 44.7 Å². The van der Waals surface area contributed by atoms with Gasteiger partial charge < -0.3 is 10.2 Å². The molecule has 0 spiro atoms. The van der Waals surface area contributed by atoms with Gasteiger partial charge in [-0.2, -0.15) is 4.31 Å². The van der Waals surface area contributed by atoms with Crippen LogP contribution in [0.15, 0.2) is 23.1 Å². The molecule has 9 heteroatoms. The van der Waals surface area contributed by atoms with Crippen molar-refractivity contribution in [3.8, 4) is 0 Å². The van der Waals surface area contributed by atoms with Gasteiger partial charge in [-0.05, 0) is 31.5 Å². The van der Waals surface area contributed by atoms with Crippen LogP contribution in [0.4, 0.5) is 8.78 Å². The number of piperazine rings is 1. The number of carbonyl (C=O) groups is 1. The van der Waals surface area contributed by atoms with Gasteiger partial charge in [0.05, 0.1) is 0 Å². The first kappa shape index (κ1) is 18.2. The molecule has 2 aliphatic heterocycles. The molecule has 0 saturated carbocycles. The van der Waals surface area contributed by atoms with Crippen molar-refractivity contribution in [2.24, 2.45) is 0 Å². The Balaban J connectivity index is 1.62. The fourth-order valence-corrected chi connectivity index (χ4v) is 4.74. The van der Waals surface area contributed by atoms with E-state index in [9.17, 15) is 22.0 Å². The predicted molar refractivity (Wildman–Crippen MR) is 87.3 cm³/mol. The number of hydrogen-bond acceptors (Lipinski definition) is 4. The van der Waals surface area contributed by atoms with Crippen molar-refractivity contribution in [2.45, 2.75) is 30.2 Å². The highest BCUT2D eigenvalue weighted by Crippen LogP contribution is 2.22. The zero-order valence-corrected chi connectivity index (χ0v) is 14.6. The quantitative estimate of drug-likeness (QED) is 0.853. The molecule has 0 aromatic heterocycles. The molecule has 0 aliphatic carbocycles. The Kier molecular flexibility index (Phi) is 5.35. The second-order valence-corrected chi connectivity index (χ2v) is 8.26. The maximum atomic E-state index is 13.8. The average molecular weight is 373 g/mol. The summed E-state index contributed by atoms with van der Waals surface area (Å²) in [6.07, 6.45) is 2.45. The summed E-state index contributed by atoms with van der Waals surface area (Å²) in [7, 11) is -4.04. The number of carbonyl (C=O) groups excluding carboxylic acids is 1. The summed E-state index contributed by atoms with van der Waals surface area (Å²) in [5, 5.41) is 3.27. The summed E-state index contributed by atoms with van der Waals surface area (Å²) in [6.45, 7) is 1.67. The lowest BCUT2D eigenvalue weighted by molar-refractivity contribution is -0.132. The summed E-state index contributed by atoms with van der Waals surface area (Å²) < 4.78 is 53.0. The summed E-state index contributed by atoms with van der Waals surface area (Å²) >= 11 is 0. The molecule has 2 heterocycles. The summed E-state index contributed by atoms with van der Waals surface area (Å²) in [5.41, 5.74) is 0. The Morgan fingerprint density at radius 2 is 1.92 bits per heavy atom. The molecule has 0 bridgehead atoms. The molecular formula is C16H21F2N3O3S. The number of sulfonamides is 1. The van der Waals surface area contributed by atoms with E-state index in [-0.39, 0.29) is 38.1 Å². The Morgan fingerprint density at radius 3 is 2.52 bits per heavy atom. The van der Waals surface area contributed by atoms with Crippen molar-refractivity contribution in [1.82, 2.24) is 14.5 Å². The number of benzene rings is 1. The third kappa shape index (κ3) is 3.99. The second-order valence-electron chi connectivity index (χ2n) is 6.36. The van der Waals surface area contributed by atoms with E-state index in [0.717, 1.165) is 35.8 Å². The number of halogens is 2. The Hall–Kier alpha value is -1.58. The summed E-state index contributed by atoms with van der Waals surface area (Å²) in [4.78, 5) is 13.4. The fourth-order valence-electron chi connectivity index (χ4n) is 3.27. The zero-order valence-electron chi connectivity index (χ0n) is 13.7. The lowest BCUT2D eigenvalue weighted by atomic mass is 10.1. The molecule has 2 fully saturated rings. The first-order valence-electron chi connectivity index (χ1n) is 8.34. The van der Waals surface area contributed by atoms with Gasteiger partial charge in [-0.3, -0.25) is 4.79 Å². The van der Waals surface area contributed by atoms with E-state index < -0.39 is 26.6 Å². The van der Waals surface area contributed by atoms with Crippen molar-refractivity contribution in [2.75, 3.05) is 32.7 Å². The normalized spacial score (nSPS) is 22.3. The molecule has 1 N–H and O–H groups in total. The van der Waals surface area contributed by atoms with Crippen LogP contribution in [0.2, 0.25) is 0 Å². The smallest absolute Gasteiger partial charge is 0.246 e. The van der Waals surface area contributed by atoms with E-state index in [4.69, 9.17) is 0 Å². The van der Waals surface area contributed by atoms with Gasteiger partial charge in [-0.1, -0.05) is 0 Å². The molecule has 2 saturated heterocycles. The highest BCUT2D eigenvalue weighted by molar-refractivity contribution is 7.89. The SMILES string of the molecule is O=C(CC1CCCN1)N1CCN(S(=O)(=O)c2ccc(F)cc2F)CC1. The highest BCUT2D eigenvalue weighted by Gasteiger charge is 2.32. The molecule has 25 heavy (non-hydrogen) atoms. The minimum Gasteiger partial charge on any atom is -0.340 e. The Bertz CT molecular complexity index is 743. The van der Waals surface area contributed by atoms with Crippen molar-refractivity contribution in [3.63, 3.8) is 0 Å². The standard InChI is InChI=1S/C16H21F2N3O3S/c17-12-3-4-15(14(18)10-12)25(23,24)21-8-6-20(7-9-21)16(22)11-13-2-1-5-19-13/h3-4,10,13,19H,1-2,5-9,11H2. The first-order valence-corrected chi connectivity index (χ1v) is 9.78. The van der Waals surface area contributed by atoms with E-state index in [2.05, 4.69) is 5.32 Å². The third-order valence-corrected chi connectivity index (χ3v) is 6.62. The molecule has 138 valence electrons. The zero-order chi connectivity index (χ0) is 18.0. The Morgan fingerprint density at radius 1 is 1.20 bits per heavy atom. The number of nitrogens with zero attached hydrogens (tertiary/aromatic N) is 2. The largest absolute Gasteiger partial charge is 0.340 e. The molecule has 1 amide bonds. The van der Waals surface area contributed by atoms with Crippen LogP contribution >= 0.6 is 0 Å². The van der Waals surface area contributed by atoms with Crippen molar-refractivity contribution < 1.29 is 22.0 Å². The van der Waals surface area contributed by atoms with Gasteiger partial charge in [0.1, 0.15) is 16.5 Å². The van der Waals surface area contributed by atoms with Crippen LogP contribution in [-0.2, 0) is 14.8 Å². The van der Waals surface area contributed by atoms with Crippen LogP contribution in [-0.4, -0.2) is 62.3 Å². The van der Waals surface area contributed by atoms with E-state index >= 15 is 0 Å². The minimum absolute atomic E-state index is 0.00408. The lowest BCUT2D eigenvalue weighted by Crippen LogP contribution is -2.51. The van der Waals surface area contributed by atoms with Crippen LogP contribution in [0.25, 0.3) is 0 Å². The maximum Gasteiger partial charge on any atom is 0.246 e. The monoisotopic (exact) mass is 373 g/mol. The van der Waals surface area contributed by atoms with Gasteiger partial charge in [0.15, 0.2) is 0 Å². The van der Waals surface area contributed by atoms with Crippen LogP contribution < -0.4 is 5.32 Å². The van der Waals surface area contributed by atoms with Crippen LogP contribution in [0, 0.1) is 11.6 Å². The molecule has 6 nitrogen and oxygen atoms in total. The molecule has 1 aromatic rings. The van der Waals surface area contributed by atoms with Gasteiger partial charge in [0.25, 0.3) is 0 Å². The molecular weight excluding hydrogens is 352 g/mol. The van der Waals surface area contributed by atoms with Gasteiger partial charge >= 0.3 is 0 Å².